The van der Waals surface area contributed by atoms with Crippen LogP contribution in [-0.4, -0.2) is 19.2 Å². The molecular formula is C16H18ClNO2. The number of ether oxygens (including phenoxy) is 2. The minimum atomic E-state index is -0.189. The molecular weight excluding hydrogens is 274 g/mol. The molecule has 4 heteroatoms. The number of pyridine rings is 1. The molecule has 1 aromatic carbocycles. The maximum absolute atomic E-state index is 6.50. The second-order valence-electron chi connectivity index (χ2n) is 4.61. The second-order valence-corrected chi connectivity index (χ2v) is 5.13. The lowest BCUT2D eigenvalue weighted by molar-refractivity contribution is 0.390. The van der Waals surface area contributed by atoms with Crippen LogP contribution >= 0.6 is 11.6 Å². The lowest BCUT2D eigenvalue weighted by Gasteiger charge is -2.15. The van der Waals surface area contributed by atoms with E-state index in [-0.39, 0.29) is 5.38 Å². The van der Waals surface area contributed by atoms with Crippen molar-refractivity contribution < 1.29 is 9.47 Å². The summed E-state index contributed by atoms with van der Waals surface area (Å²) in [5, 5.41) is -0.189. The maximum Gasteiger partial charge on any atom is 0.127 e. The summed E-state index contributed by atoms with van der Waals surface area (Å²) in [6.07, 6.45) is 2.51. The van der Waals surface area contributed by atoms with Crippen LogP contribution in [0, 0.1) is 6.92 Å². The van der Waals surface area contributed by atoms with Crippen LogP contribution in [0.3, 0.4) is 0 Å². The monoisotopic (exact) mass is 291 g/mol. The Bertz CT molecular complexity index is 569. The Morgan fingerprint density at radius 1 is 1.15 bits per heavy atom. The van der Waals surface area contributed by atoms with Crippen molar-refractivity contribution in [1.82, 2.24) is 4.98 Å². The van der Waals surface area contributed by atoms with Crippen molar-refractivity contribution in [2.24, 2.45) is 0 Å². The molecule has 0 aliphatic heterocycles. The second kappa shape index (κ2) is 6.62. The highest BCUT2D eigenvalue weighted by Gasteiger charge is 2.15. The van der Waals surface area contributed by atoms with Crippen LogP contribution in [0.2, 0.25) is 0 Å². The maximum atomic E-state index is 6.50. The molecule has 0 fully saturated rings. The van der Waals surface area contributed by atoms with E-state index in [0.717, 1.165) is 28.3 Å². The van der Waals surface area contributed by atoms with E-state index in [0.29, 0.717) is 6.42 Å². The highest BCUT2D eigenvalue weighted by atomic mass is 35.5. The predicted octanol–water partition coefficient (Wildman–Crippen LogP) is 3.93. The summed E-state index contributed by atoms with van der Waals surface area (Å²) in [7, 11) is 3.26. The molecule has 0 saturated heterocycles. The van der Waals surface area contributed by atoms with Gasteiger partial charge in [-0.1, -0.05) is 12.1 Å². The Morgan fingerprint density at radius 2 is 1.95 bits per heavy atom. The SMILES string of the molecule is COc1ccc(C(Cl)Cc2ccc(C)cn2)c(OC)c1. The third-order valence-electron chi connectivity index (χ3n) is 3.14. The molecule has 1 unspecified atom stereocenters. The molecule has 20 heavy (non-hydrogen) atoms. The standard InChI is InChI=1S/C16H18ClNO2/c1-11-4-5-12(18-10-11)8-15(17)14-7-6-13(19-2)9-16(14)20-3/h4-7,9-10,15H,8H2,1-3H3. The third kappa shape index (κ3) is 3.42. The molecule has 106 valence electrons. The fourth-order valence-corrected chi connectivity index (χ4v) is 2.33. The molecule has 1 atom stereocenters. The Balaban J connectivity index is 2.20. The largest absolute Gasteiger partial charge is 0.497 e. The number of hydrogen-bond acceptors (Lipinski definition) is 3. The first-order chi connectivity index (χ1) is 9.63. The molecule has 0 amide bonds. The Labute approximate surface area is 124 Å². The van der Waals surface area contributed by atoms with Gasteiger partial charge in [0.1, 0.15) is 11.5 Å². The van der Waals surface area contributed by atoms with Crippen molar-refractivity contribution in [2.75, 3.05) is 14.2 Å². The van der Waals surface area contributed by atoms with E-state index in [1.807, 2.05) is 43.5 Å². The highest BCUT2D eigenvalue weighted by Crippen LogP contribution is 2.34. The average molecular weight is 292 g/mol. The van der Waals surface area contributed by atoms with E-state index >= 15 is 0 Å². The fourth-order valence-electron chi connectivity index (χ4n) is 1.99. The summed E-state index contributed by atoms with van der Waals surface area (Å²) >= 11 is 6.50. The first kappa shape index (κ1) is 14.7. The zero-order valence-electron chi connectivity index (χ0n) is 11.9. The van der Waals surface area contributed by atoms with Crippen LogP contribution in [0.1, 0.15) is 22.2 Å². The summed E-state index contributed by atoms with van der Waals surface area (Å²) < 4.78 is 10.6. The van der Waals surface area contributed by atoms with E-state index in [2.05, 4.69) is 4.98 Å². The first-order valence-electron chi connectivity index (χ1n) is 6.41. The van der Waals surface area contributed by atoms with Gasteiger partial charge in [0.2, 0.25) is 0 Å². The number of methoxy groups -OCH3 is 2. The van der Waals surface area contributed by atoms with Crippen LogP contribution in [-0.2, 0) is 6.42 Å². The van der Waals surface area contributed by atoms with Crippen molar-refractivity contribution in [2.45, 2.75) is 18.7 Å². The predicted molar refractivity (Wildman–Crippen MR) is 80.8 cm³/mol. The molecule has 3 nitrogen and oxygen atoms in total. The van der Waals surface area contributed by atoms with E-state index in [1.165, 1.54) is 0 Å². The summed E-state index contributed by atoms with van der Waals surface area (Å²) in [4.78, 5) is 4.38. The molecule has 0 spiro atoms. The fraction of sp³-hybridized carbons (Fsp3) is 0.312. The Morgan fingerprint density at radius 3 is 2.55 bits per heavy atom. The van der Waals surface area contributed by atoms with E-state index in [9.17, 15) is 0 Å². The molecule has 0 aliphatic rings. The van der Waals surface area contributed by atoms with Gasteiger partial charge in [0.15, 0.2) is 0 Å². The van der Waals surface area contributed by atoms with Gasteiger partial charge in [-0.2, -0.15) is 0 Å². The number of aromatic nitrogens is 1. The van der Waals surface area contributed by atoms with Crippen molar-refractivity contribution in [3.63, 3.8) is 0 Å². The summed E-state index contributed by atoms with van der Waals surface area (Å²) in [6, 6.07) is 9.70. The van der Waals surface area contributed by atoms with Crippen LogP contribution in [0.4, 0.5) is 0 Å². The van der Waals surface area contributed by atoms with Gasteiger partial charge >= 0.3 is 0 Å². The van der Waals surface area contributed by atoms with Crippen molar-refractivity contribution in [3.8, 4) is 11.5 Å². The quantitative estimate of drug-likeness (QED) is 0.782. The number of aryl methyl sites for hydroxylation is 1. The Kier molecular flexibility index (Phi) is 4.85. The van der Waals surface area contributed by atoms with Gasteiger partial charge in [0, 0.05) is 29.9 Å². The van der Waals surface area contributed by atoms with E-state index in [1.54, 1.807) is 14.2 Å². The van der Waals surface area contributed by atoms with E-state index < -0.39 is 0 Å². The number of nitrogens with zero attached hydrogens (tertiary/aromatic N) is 1. The van der Waals surface area contributed by atoms with Crippen LogP contribution < -0.4 is 9.47 Å². The van der Waals surface area contributed by atoms with Crippen molar-refractivity contribution >= 4 is 11.6 Å². The van der Waals surface area contributed by atoms with Gasteiger partial charge in [-0.15, -0.1) is 11.6 Å². The van der Waals surface area contributed by atoms with Gasteiger partial charge in [-0.25, -0.2) is 0 Å². The zero-order chi connectivity index (χ0) is 14.5. The normalized spacial score (nSPS) is 12.0. The molecule has 2 rings (SSSR count). The topological polar surface area (TPSA) is 31.4 Å². The Hall–Kier alpha value is -1.74. The molecule has 0 aliphatic carbocycles. The lowest BCUT2D eigenvalue weighted by atomic mass is 10.1. The number of benzene rings is 1. The summed E-state index contributed by atoms with van der Waals surface area (Å²) in [6.45, 7) is 2.02. The van der Waals surface area contributed by atoms with Crippen molar-refractivity contribution in [3.05, 3.63) is 53.3 Å². The third-order valence-corrected chi connectivity index (χ3v) is 3.53. The molecule has 0 N–H and O–H groups in total. The van der Waals surface area contributed by atoms with Gasteiger partial charge in [0.25, 0.3) is 0 Å². The van der Waals surface area contributed by atoms with E-state index in [4.69, 9.17) is 21.1 Å². The highest BCUT2D eigenvalue weighted by molar-refractivity contribution is 6.21. The molecule has 0 bridgehead atoms. The van der Waals surface area contributed by atoms with Crippen LogP contribution in [0.5, 0.6) is 11.5 Å². The van der Waals surface area contributed by atoms with Crippen LogP contribution in [0.25, 0.3) is 0 Å². The van der Waals surface area contributed by atoms with Gasteiger partial charge in [-0.3, -0.25) is 4.98 Å². The average Bonchev–Trinajstić information content (AvgIpc) is 2.48. The minimum absolute atomic E-state index is 0.189. The molecule has 1 heterocycles. The van der Waals surface area contributed by atoms with Gasteiger partial charge in [-0.05, 0) is 24.6 Å². The number of halogens is 1. The van der Waals surface area contributed by atoms with Gasteiger partial charge in [0.05, 0.1) is 19.6 Å². The summed E-state index contributed by atoms with van der Waals surface area (Å²) in [5.41, 5.74) is 3.05. The minimum Gasteiger partial charge on any atom is -0.497 e. The summed E-state index contributed by atoms with van der Waals surface area (Å²) in [5.74, 6) is 1.49. The first-order valence-corrected chi connectivity index (χ1v) is 6.85. The lowest BCUT2D eigenvalue weighted by Crippen LogP contribution is -2.01. The van der Waals surface area contributed by atoms with Crippen molar-refractivity contribution in [1.29, 1.82) is 0 Å². The molecule has 2 aromatic rings. The number of rotatable bonds is 5. The zero-order valence-corrected chi connectivity index (χ0v) is 12.6. The van der Waals surface area contributed by atoms with Gasteiger partial charge < -0.3 is 9.47 Å². The van der Waals surface area contributed by atoms with Crippen LogP contribution in [0.15, 0.2) is 36.5 Å². The molecule has 0 saturated carbocycles. The smallest absolute Gasteiger partial charge is 0.127 e. The number of alkyl halides is 1. The molecule has 1 aromatic heterocycles. The molecule has 0 radical (unpaired) electrons. The number of hydrogen-bond donors (Lipinski definition) is 0.